The van der Waals surface area contributed by atoms with Crippen LogP contribution >= 0.6 is 11.6 Å². The van der Waals surface area contributed by atoms with E-state index < -0.39 is 17.5 Å². The zero-order valence-corrected chi connectivity index (χ0v) is 9.78. The summed E-state index contributed by atoms with van der Waals surface area (Å²) in [6.45, 7) is 1.93. The summed E-state index contributed by atoms with van der Waals surface area (Å²) in [5.41, 5.74) is 0.342. The first-order chi connectivity index (χ1) is 8.04. The minimum absolute atomic E-state index is 0.0191. The number of aryl methyl sites for hydroxylation is 1. The number of halogens is 4. The Balaban J connectivity index is 2.81. The van der Waals surface area contributed by atoms with E-state index in [0.29, 0.717) is 18.2 Å². The number of pyridine rings is 1. The fourth-order valence-electron chi connectivity index (χ4n) is 1.69. The minimum atomic E-state index is -1.26. The maximum Gasteiger partial charge on any atom is 0.169 e. The van der Waals surface area contributed by atoms with Gasteiger partial charge in [-0.05, 0) is 12.5 Å². The van der Waals surface area contributed by atoms with Crippen LogP contribution in [0.5, 0.6) is 0 Å². The second-order valence-electron chi connectivity index (χ2n) is 3.72. The Morgan fingerprint density at radius 2 is 1.88 bits per heavy atom. The monoisotopic (exact) mass is 259 g/mol. The highest BCUT2D eigenvalue weighted by molar-refractivity contribution is 6.35. The Kier molecular flexibility index (Phi) is 3.24. The number of nitrogens with zero attached hydrogens (tertiary/aromatic N) is 1. The topological polar surface area (TPSA) is 12.9 Å². The molecule has 0 spiro atoms. The van der Waals surface area contributed by atoms with Crippen molar-refractivity contribution in [2.75, 3.05) is 0 Å². The van der Waals surface area contributed by atoms with E-state index in [9.17, 15) is 13.2 Å². The molecule has 0 bridgehead atoms. The molecule has 0 aliphatic carbocycles. The molecule has 1 aromatic carbocycles. The highest BCUT2D eigenvalue weighted by Gasteiger charge is 2.17. The quantitative estimate of drug-likeness (QED) is 0.735. The van der Waals surface area contributed by atoms with Crippen LogP contribution in [0.3, 0.4) is 0 Å². The zero-order chi connectivity index (χ0) is 12.6. The molecule has 0 fully saturated rings. The predicted molar refractivity (Wildman–Crippen MR) is 60.6 cm³/mol. The third-order valence-corrected chi connectivity index (χ3v) is 2.74. The summed E-state index contributed by atoms with van der Waals surface area (Å²) in [7, 11) is 0. The van der Waals surface area contributed by atoms with Crippen LogP contribution in [0, 0.1) is 17.5 Å². The van der Waals surface area contributed by atoms with Gasteiger partial charge in [0.05, 0.1) is 10.4 Å². The van der Waals surface area contributed by atoms with E-state index in [1.807, 2.05) is 6.92 Å². The van der Waals surface area contributed by atoms with Crippen LogP contribution in [-0.2, 0) is 6.42 Å². The molecule has 2 rings (SSSR count). The van der Waals surface area contributed by atoms with Gasteiger partial charge in [0, 0.05) is 11.8 Å². The summed E-state index contributed by atoms with van der Waals surface area (Å²) < 4.78 is 40.0. The molecule has 0 radical (unpaired) electrons. The molecular formula is C12H9ClF3N. The number of hydrogen-bond acceptors (Lipinski definition) is 1. The van der Waals surface area contributed by atoms with E-state index in [2.05, 4.69) is 4.98 Å². The lowest BCUT2D eigenvalue weighted by molar-refractivity contribution is 0.505. The van der Waals surface area contributed by atoms with Gasteiger partial charge in [-0.15, -0.1) is 0 Å². The van der Waals surface area contributed by atoms with Crippen LogP contribution in [0.25, 0.3) is 10.9 Å². The molecule has 0 unspecified atom stereocenters. The zero-order valence-electron chi connectivity index (χ0n) is 9.03. The van der Waals surface area contributed by atoms with Gasteiger partial charge in [-0.3, -0.25) is 0 Å². The van der Waals surface area contributed by atoms with E-state index in [1.165, 1.54) is 6.07 Å². The smallest absolute Gasteiger partial charge is 0.169 e. The van der Waals surface area contributed by atoms with Crippen molar-refractivity contribution in [3.8, 4) is 0 Å². The van der Waals surface area contributed by atoms with Crippen molar-refractivity contribution in [3.63, 3.8) is 0 Å². The second kappa shape index (κ2) is 4.53. The third kappa shape index (κ3) is 2.09. The van der Waals surface area contributed by atoms with Gasteiger partial charge in [0.1, 0.15) is 5.52 Å². The van der Waals surface area contributed by atoms with Gasteiger partial charge in [-0.25, -0.2) is 18.2 Å². The average Bonchev–Trinajstić information content (AvgIpc) is 2.26. The maximum absolute atomic E-state index is 13.5. The standard InChI is InChI=1S/C12H9ClF3N/c1-2-3-6-4-7(13)10-11(16)8(14)5-9(15)12(10)17-6/h4-5H,2-3H2,1H3. The predicted octanol–water partition coefficient (Wildman–Crippen LogP) is 4.26. The lowest BCUT2D eigenvalue weighted by Crippen LogP contribution is -1.97. The van der Waals surface area contributed by atoms with Crippen LogP contribution in [0.1, 0.15) is 19.0 Å². The Morgan fingerprint density at radius 1 is 1.18 bits per heavy atom. The van der Waals surface area contributed by atoms with Crippen molar-refractivity contribution in [2.24, 2.45) is 0 Å². The molecule has 0 amide bonds. The molecule has 5 heteroatoms. The Bertz CT molecular complexity index is 584. The summed E-state index contributed by atoms with van der Waals surface area (Å²) in [4.78, 5) is 3.96. The van der Waals surface area contributed by atoms with Gasteiger partial charge in [0.15, 0.2) is 17.5 Å². The summed E-state index contributed by atoms with van der Waals surface area (Å²) in [6.07, 6.45) is 1.41. The molecule has 0 N–H and O–H groups in total. The van der Waals surface area contributed by atoms with E-state index >= 15 is 0 Å². The highest BCUT2D eigenvalue weighted by atomic mass is 35.5. The number of aromatic nitrogens is 1. The Labute approximate surface area is 101 Å². The fraction of sp³-hybridized carbons (Fsp3) is 0.250. The molecule has 2 aromatic rings. The van der Waals surface area contributed by atoms with Crippen LogP contribution < -0.4 is 0 Å². The van der Waals surface area contributed by atoms with Gasteiger partial charge in [0.2, 0.25) is 0 Å². The summed E-state index contributed by atoms with van der Waals surface area (Å²) >= 11 is 5.83. The highest BCUT2D eigenvalue weighted by Crippen LogP contribution is 2.29. The van der Waals surface area contributed by atoms with E-state index in [1.54, 1.807) is 0 Å². The molecule has 1 heterocycles. The van der Waals surface area contributed by atoms with Gasteiger partial charge < -0.3 is 0 Å². The van der Waals surface area contributed by atoms with Crippen LogP contribution in [-0.4, -0.2) is 4.98 Å². The number of hydrogen-bond donors (Lipinski definition) is 0. The van der Waals surface area contributed by atoms with Crippen molar-refractivity contribution < 1.29 is 13.2 Å². The molecule has 0 saturated heterocycles. The van der Waals surface area contributed by atoms with Crippen molar-refractivity contribution in [1.29, 1.82) is 0 Å². The molecule has 1 aromatic heterocycles. The van der Waals surface area contributed by atoms with Gasteiger partial charge in [-0.1, -0.05) is 24.9 Å². The minimum Gasteiger partial charge on any atom is -0.250 e. The molecular weight excluding hydrogens is 251 g/mol. The number of rotatable bonds is 2. The average molecular weight is 260 g/mol. The SMILES string of the molecule is CCCc1cc(Cl)c2c(F)c(F)cc(F)c2n1. The summed E-state index contributed by atoms with van der Waals surface area (Å²) in [5.74, 6) is -3.33. The summed E-state index contributed by atoms with van der Waals surface area (Å²) in [5, 5.41) is -0.321. The van der Waals surface area contributed by atoms with Gasteiger partial charge in [-0.2, -0.15) is 0 Å². The molecule has 0 aliphatic heterocycles. The van der Waals surface area contributed by atoms with Gasteiger partial charge >= 0.3 is 0 Å². The molecule has 0 atom stereocenters. The first-order valence-corrected chi connectivity index (χ1v) is 5.55. The van der Waals surface area contributed by atoms with E-state index in [-0.39, 0.29) is 15.9 Å². The van der Waals surface area contributed by atoms with Crippen molar-refractivity contribution >= 4 is 22.5 Å². The van der Waals surface area contributed by atoms with Crippen LogP contribution in [0.4, 0.5) is 13.2 Å². The number of fused-ring (bicyclic) bond motifs is 1. The Hall–Kier alpha value is -1.29. The van der Waals surface area contributed by atoms with E-state index in [0.717, 1.165) is 6.42 Å². The van der Waals surface area contributed by atoms with Crippen LogP contribution in [0.15, 0.2) is 12.1 Å². The lowest BCUT2D eigenvalue weighted by atomic mass is 10.1. The number of benzene rings is 1. The largest absolute Gasteiger partial charge is 0.250 e. The van der Waals surface area contributed by atoms with Crippen LogP contribution in [0.2, 0.25) is 5.02 Å². The van der Waals surface area contributed by atoms with Gasteiger partial charge in [0.25, 0.3) is 0 Å². The maximum atomic E-state index is 13.5. The summed E-state index contributed by atoms with van der Waals surface area (Å²) in [6, 6.07) is 1.92. The second-order valence-corrected chi connectivity index (χ2v) is 4.13. The first-order valence-electron chi connectivity index (χ1n) is 5.17. The van der Waals surface area contributed by atoms with E-state index in [4.69, 9.17) is 11.6 Å². The molecule has 0 saturated carbocycles. The lowest BCUT2D eigenvalue weighted by Gasteiger charge is -2.07. The molecule has 17 heavy (non-hydrogen) atoms. The van der Waals surface area contributed by atoms with Crippen molar-refractivity contribution in [2.45, 2.75) is 19.8 Å². The Morgan fingerprint density at radius 3 is 2.53 bits per heavy atom. The van der Waals surface area contributed by atoms with Crippen molar-refractivity contribution in [1.82, 2.24) is 4.98 Å². The molecule has 0 aliphatic rings. The van der Waals surface area contributed by atoms with Crippen molar-refractivity contribution in [3.05, 3.63) is 40.3 Å². The fourth-order valence-corrected chi connectivity index (χ4v) is 1.99. The third-order valence-electron chi connectivity index (χ3n) is 2.44. The molecule has 90 valence electrons. The normalized spacial score (nSPS) is 11.1. The first kappa shape index (κ1) is 12.2. The molecule has 1 nitrogen and oxygen atoms in total.